The first-order valence-electron chi connectivity index (χ1n) is 7.14. The van der Waals surface area contributed by atoms with Crippen LogP contribution in [0.4, 0.5) is 0 Å². The summed E-state index contributed by atoms with van der Waals surface area (Å²) in [4.78, 5) is 1.39. The molecule has 0 aromatic carbocycles. The molecule has 1 aromatic heterocycles. The van der Waals surface area contributed by atoms with E-state index >= 15 is 0 Å². The molecule has 1 fully saturated rings. The molecule has 0 amide bonds. The summed E-state index contributed by atoms with van der Waals surface area (Å²) in [5.41, 5.74) is 0.839. The number of sulfonamides is 1. The highest BCUT2D eigenvalue weighted by Gasteiger charge is 2.27. The van der Waals surface area contributed by atoms with Gasteiger partial charge in [-0.15, -0.1) is 11.3 Å². The predicted molar refractivity (Wildman–Crippen MR) is 83.5 cm³/mol. The number of thiophene rings is 1. The summed E-state index contributed by atoms with van der Waals surface area (Å²) in [5.74, 6) is 0.275. The molecule has 6 heteroatoms. The van der Waals surface area contributed by atoms with Crippen LogP contribution in [0.2, 0.25) is 0 Å². The van der Waals surface area contributed by atoms with Gasteiger partial charge in [-0.1, -0.05) is 13.8 Å². The highest BCUT2D eigenvalue weighted by atomic mass is 32.2. The molecule has 0 bridgehead atoms. The van der Waals surface area contributed by atoms with Gasteiger partial charge in [-0.25, -0.2) is 13.1 Å². The molecule has 1 aromatic rings. The summed E-state index contributed by atoms with van der Waals surface area (Å²) in [6.45, 7) is 8.46. The van der Waals surface area contributed by atoms with Crippen LogP contribution in [0.25, 0.3) is 0 Å². The van der Waals surface area contributed by atoms with Gasteiger partial charge in [0.2, 0.25) is 10.0 Å². The number of rotatable bonds is 7. The lowest BCUT2D eigenvalue weighted by Gasteiger charge is -2.18. The van der Waals surface area contributed by atoms with E-state index in [1.54, 1.807) is 0 Å². The fraction of sp³-hybridized carbons (Fsp3) is 0.714. The third kappa shape index (κ3) is 3.81. The monoisotopic (exact) mass is 316 g/mol. The third-order valence-electron chi connectivity index (χ3n) is 3.73. The Hall–Kier alpha value is -0.430. The smallest absolute Gasteiger partial charge is 0.242 e. The molecule has 1 saturated carbocycles. The van der Waals surface area contributed by atoms with E-state index < -0.39 is 10.0 Å². The molecular weight excluding hydrogens is 292 g/mol. The van der Waals surface area contributed by atoms with Crippen molar-refractivity contribution in [2.45, 2.75) is 64.1 Å². The molecular formula is C14H24N2O2S2. The molecule has 4 nitrogen and oxygen atoms in total. The van der Waals surface area contributed by atoms with Crippen molar-refractivity contribution in [3.8, 4) is 0 Å². The first kappa shape index (κ1) is 15.9. The third-order valence-corrected chi connectivity index (χ3v) is 6.75. The van der Waals surface area contributed by atoms with Crippen LogP contribution in [0.1, 0.15) is 44.1 Å². The van der Waals surface area contributed by atoms with Crippen LogP contribution in [0, 0.1) is 12.8 Å². The van der Waals surface area contributed by atoms with Gasteiger partial charge in [0.1, 0.15) is 4.90 Å². The fourth-order valence-corrected chi connectivity index (χ4v) is 5.09. The van der Waals surface area contributed by atoms with E-state index in [1.807, 2.05) is 33.1 Å². The Kier molecular flexibility index (Phi) is 4.89. The van der Waals surface area contributed by atoms with Gasteiger partial charge in [0.15, 0.2) is 0 Å². The van der Waals surface area contributed by atoms with Gasteiger partial charge in [0.05, 0.1) is 0 Å². The molecule has 0 radical (unpaired) electrons. The lowest BCUT2D eigenvalue weighted by Crippen LogP contribution is -2.36. The van der Waals surface area contributed by atoms with Gasteiger partial charge in [-0.2, -0.15) is 0 Å². The maximum absolute atomic E-state index is 12.6. The molecule has 0 aliphatic heterocycles. The van der Waals surface area contributed by atoms with Crippen molar-refractivity contribution in [1.82, 2.24) is 10.0 Å². The Morgan fingerprint density at radius 2 is 2.00 bits per heavy atom. The van der Waals surface area contributed by atoms with Gasteiger partial charge in [-0.3, -0.25) is 0 Å². The van der Waals surface area contributed by atoms with Crippen LogP contribution < -0.4 is 10.0 Å². The molecule has 114 valence electrons. The topological polar surface area (TPSA) is 58.2 Å². The zero-order chi connectivity index (χ0) is 14.9. The van der Waals surface area contributed by atoms with Crippen LogP contribution in [0.3, 0.4) is 0 Å². The Morgan fingerprint density at radius 3 is 2.55 bits per heavy atom. The number of nitrogens with one attached hydrogen (secondary N) is 2. The fourth-order valence-electron chi connectivity index (χ4n) is 1.93. The van der Waals surface area contributed by atoms with Gasteiger partial charge in [-0.05, 0) is 43.6 Å². The molecule has 1 heterocycles. The molecule has 2 N–H and O–H groups in total. The molecule has 1 aliphatic rings. The average molecular weight is 316 g/mol. The van der Waals surface area contributed by atoms with E-state index in [2.05, 4.69) is 10.0 Å². The van der Waals surface area contributed by atoms with Crippen LogP contribution in [0.5, 0.6) is 0 Å². The Bertz CT molecular complexity index is 560. The highest BCUT2D eigenvalue weighted by molar-refractivity contribution is 7.89. The zero-order valence-corrected chi connectivity index (χ0v) is 14.2. The first-order chi connectivity index (χ1) is 9.31. The minimum atomic E-state index is -3.43. The van der Waals surface area contributed by atoms with Crippen molar-refractivity contribution in [3.63, 3.8) is 0 Å². The Morgan fingerprint density at radius 1 is 1.35 bits per heavy atom. The van der Waals surface area contributed by atoms with Crippen molar-refractivity contribution < 1.29 is 8.42 Å². The largest absolute Gasteiger partial charge is 0.309 e. The summed E-state index contributed by atoms with van der Waals surface area (Å²) < 4.78 is 27.9. The second kappa shape index (κ2) is 6.13. The van der Waals surface area contributed by atoms with Crippen molar-refractivity contribution >= 4 is 21.4 Å². The summed E-state index contributed by atoms with van der Waals surface area (Å²) in [5, 5.41) is 5.32. The average Bonchev–Trinajstić information content (AvgIpc) is 3.08. The lowest BCUT2D eigenvalue weighted by molar-refractivity contribution is 0.476. The van der Waals surface area contributed by atoms with Gasteiger partial charge < -0.3 is 5.32 Å². The number of aryl methyl sites for hydroxylation is 1. The molecule has 0 spiro atoms. The lowest BCUT2D eigenvalue weighted by atomic mass is 10.1. The van der Waals surface area contributed by atoms with Crippen molar-refractivity contribution in [1.29, 1.82) is 0 Å². The van der Waals surface area contributed by atoms with E-state index in [0.717, 1.165) is 10.4 Å². The summed E-state index contributed by atoms with van der Waals surface area (Å²) in [7, 11) is -3.43. The molecule has 1 atom stereocenters. The summed E-state index contributed by atoms with van der Waals surface area (Å²) >= 11 is 1.53. The van der Waals surface area contributed by atoms with E-state index in [0.29, 0.717) is 17.5 Å². The van der Waals surface area contributed by atoms with Crippen molar-refractivity contribution in [2.24, 2.45) is 5.92 Å². The van der Waals surface area contributed by atoms with Gasteiger partial charge >= 0.3 is 0 Å². The predicted octanol–water partition coefficient (Wildman–Crippen LogP) is 2.63. The molecule has 1 unspecified atom stereocenters. The Labute approximate surface area is 126 Å². The van der Waals surface area contributed by atoms with E-state index in [4.69, 9.17) is 0 Å². The van der Waals surface area contributed by atoms with Crippen LogP contribution in [0.15, 0.2) is 10.3 Å². The van der Waals surface area contributed by atoms with Crippen LogP contribution in [-0.2, 0) is 16.6 Å². The minimum Gasteiger partial charge on any atom is -0.309 e. The van der Waals surface area contributed by atoms with Crippen molar-refractivity contribution in [3.05, 3.63) is 15.8 Å². The second-order valence-corrected chi connectivity index (χ2v) is 8.60. The maximum Gasteiger partial charge on any atom is 0.242 e. The van der Waals surface area contributed by atoms with Gasteiger partial charge in [0.25, 0.3) is 0 Å². The maximum atomic E-state index is 12.6. The normalized spacial score (nSPS) is 17.6. The zero-order valence-electron chi connectivity index (χ0n) is 12.6. The van der Waals surface area contributed by atoms with Gasteiger partial charge in [0, 0.05) is 23.5 Å². The summed E-state index contributed by atoms with van der Waals surface area (Å²) in [6.07, 6.45) is 2.41. The van der Waals surface area contributed by atoms with E-state index in [-0.39, 0.29) is 12.0 Å². The Balaban J connectivity index is 2.18. The van der Waals surface area contributed by atoms with E-state index in [9.17, 15) is 8.42 Å². The quantitative estimate of drug-likeness (QED) is 0.813. The molecule has 2 rings (SSSR count). The molecule has 0 saturated heterocycles. The summed E-state index contributed by atoms with van der Waals surface area (Å²) in [6, 6.07) is 0.513. The minimum absolute atomic E-state index is 0.0662. The molecule has 20 heavy (non-hydrogen) atoms. The highest BCUT2D eigenvalue weighted by Crippen LogP contribution is 2.28. The first-order valence-corrected chi connectivity index (χ1v) is 9.50. The number of hydrogen-bond acceptors (Lipinski definition) is 4. The number of hydrogen-bond donors (Lipinski definition) is 2. The van der Waals surface area contributed by atoms with Crippen LogP contribution in [-0.4, -0.2) is 20.5 Å². The standard InChI is InChI=1S/C14H24N2O2S2/c1-9(2)11(4)16-20(17,18)14-10(3)8-19-13(14)7-15-12-5-6-12/h8-9,11-12,15-16H,5-7H2,1-4H3. The second-order valence-electron chi connectivity index (χ2n) is 5.98. The van der Waals surface area contributed by atoms with Crippen LogP contribution >= 0.6 is 11.3 Å². The van der Waals surface area contributed by atoms with Crippen molar-refractivity contribution in [2.75, 3.05) is 0 Å². The van der Waals surface area contributed by atoms with E-state index in [1.165, 1.54) is 24.2 Å². The molecule has 1 aliphatic carbocycles. The SMILES string of the molecule is Cc1csc(CNC2CC2)c1S(=O)(=O)NC(C)C(C)C.